The summed E-state index contributed by atoms with van der Waals surface area (Å²) in [6, 6.07) is 0. The lowest BCUT2D eigenvalue weighted by atomic mass is 9.82. The molecular weight excluding hydrogens is 196 g/mol. The molecule has 1 heteroatoms. The molecule has 1 nitrogen and oxygen atoms in total. The number of hydrogen-bond donors (Lipinski definition) is 0. The molecule has 3 rings (SSSR count). The third-order valence-corrected chi connectivity index (χ3v) is 4.52. The average Bonchev–Trinajstić information content (AvgIpc) is 3.04. The highest BCUT2D eigenvalue weighted by molar-refractivity contribution is 4.98. The zero-order valence-corrected chi connectivity index (χ0v) is 11.2. The maximum Gasteiger partial charge on any atom is 0.0766 e. The van der Waals surface area contributed by atoms with E-state index in [-0.39, 0.29) is 0 Å². The van der Waals surface area contributed by atoms with Gasteiger partial charge in [-0.15, -0.1) is 0 Å². The summed E-state index contributed by atoms with van der Waals surface area (Å²) in [6.07, 6.45) is 10.9. The number of rotatable bonds is 1. The van der Waals surface area contributed by atoms with Crippen molar-refractivity contribution in [2.45, 2.75) is 52.4 Å². The molecule has 0 aliphatic heterocycles. The normalized spacial score (nSPS) is 37.7. The molecule has 2 bridgehead atoms. The summed E-state index contributed by atoms with van der Waals surface area (Å²) in [5.74, 6) is 4.80. The minimum atomic E-state index is 1.19. The van der Waals surface area contributed by atoms with E-state index in [1.807, 2.05) is 13.8 Å². The summed E-state index contributed by atoms with van der Waals surface area (Å²) < 4.78 is 4.31. The molecule has 16 heavy (non-hydrogen) atoms. The highest BCUT2D eigenvalue weighted by Gasteiger charge is 2.48. The number of methoxy groups -OCH3 is 1. The van der Waals surface area contributed by atoms with Crippen molar-refractivity contribution in [3.8, 4) is 0 Å². The lowest BCUT2D eigenvalue weighted by Crippen LogP contribution is -2.15. The molecule has 3 saturated carbocycles. The Morgan fingerprint density at radius 1 is 1.00 bits per heavy atom. The standard InChI is InChI=1S/C10H16.C3H6O.C2H6/c1-2-9-7-4-5-8(6-7)10(9)3-1;1-3-4-2;1-2/h7-10H,1-6H2;3H,1H2,2H3;1-2H3. The van der Waals surface area contributed by atoms with Crippen LogP contribution in [-0.2, 0) is 4.74 Å². The van der Waals surface area contributed by atoms with Crippen LogP contribution in [0.4, 0.5) is 0 Å². The third kappa shape index (κ3) is 2.81. The van der Waals surface area contributed by atoms with Crippen molar-refractivity contribution in [3.05, 3.63) is 12.8 Å². The Morgan fingerprint density at radius 3 is 1.81 bits per heavy atom. The molecule has 94 valence electrons. The molecule has 0 spiro atoms. The van der Waals surface area contributed by atoms with Crippen LogP contribution in [0.2, 0.25) is 0 Å². The Hall–Kier alpha value is -0.460. The van der Waals surface area contributed by atoms with E-state index in [0.717, 1.165) is 0 Å². The summed E-state index contributed by atoms with van der Waals surface area (Å²) in [7, 11) is 1.56. The minimum Gasteiger partial charge on any atom is -0.505 e. The number of fused-ring (bicyclic) bond motifs is 5. The molecule has 3 fully saturated rings. The van der Waals surface area contributed by atoms with Crippen LogP contribution in [0.15, 0.2) is 12.8 Å². The first-order valence-electron chi connectivity index (χ1n) is 7.00. The van der Waals surface area contributed by atoms with Gasteiger partial charge in [0.2, 0.25) is 0 Å². The van der Waals surface area contributed by atoms with E-state index in [0.29, 0.717) is 0 Å². The van der Waals surface area contributed by atoms with Gasteiger partial charge in [0.05, 0.1) is 13.4 Å². The largest absolute Gasteiger partial charge is 0.505 e. The first-order chi connectivity index (χ1) is 7.86. The smallest absolute Gasteiger partial charge is 0.0766 e. The Balaban J connectivity index is 0.000000186. The molecule has 0 aromatic heterocycles. The van der Waals surface area contributed by atoms with E-state index < -0.39 is 0 Å². The van der Waals surface area contributed by atoms with Gasteiger partial charge >= 0.3 is 0 Å². The van der Waals surface area contributed by atoms with E-state index in [1.165, 1.54) is 29.9 Å². The summed E-state index contributed by atoms with van der Waals surface area (Å²) in [5, 5.41) is 0. The van der Waals surface area contributed by atoms with Gasteiger partial charge in [-0.05, 0) is 55.8 Å². The average molecular weight is 224 g/mol. The molecule has 0 N–H and O–H groups in total. The topological polar surface area (TPSA) is 9.23 Å². The van der Waals surface area contributed by atoms with Crippen molar-refractivity contribution in [2.24, 2.45) is 23.7 Å². The van der Waals surface area contributed by atoms with Crippen molar-refractivity contribution in [2.75, 3.05) is 7.11 Å². The van der Waals surface area contributed by atoms with Gasteiger partial charge in [0, 0.05) is 0 Å². The van der Waals surface area contributed by atoms with Crippen LogP contribution in [0.3, 0.4) is 0 Å². The Bertz CT molecular complexity index is 184. The van der Waals surface area contributed by atoms with E-state index in [2.05, 4.69) is 11.3 Å². The molecule has 0 aromatic carbocycles. The fourth-order valence-corrected chi connectivity index (χ4v) is 4.02. The van der Waals surface area contributed by atoms with Gasteiger partial charge < -0.3 is 4.74 Å². The van der Waals surface area contributed by atoms with Crippen LogP contribution in [0.1, 0.15) is 52.4 Å². The fourth-order valence-electron chi connectivity index (χ4n) is 4.02. The Kier molecular flexibility index (Phi) is 5.94. The molecule has 3 aliphatic rings. The van der Waals surface area contributed by atoms with Crippen LogP contribution in [0.25, 0.3) is 0 Å². The van der Waals surface area contributed by atoms with Crippen molar-refractivity contribution in [1.82, 2.24) is 0 Å². The van der Waals surface area contributed by atoms with Crippen LogP contribution in [0, 0.1) is 23.7 Å². The molecule has 0 aromatic rings. The molecule has 0 heterocycles. The second-order valence-electron chi connectivity index (χ2n) is 4.99. The summed E-state index contributed by atoms with van der Waals surface area (Å²) in [6.45, 7) is 7.26. The molecule has 0 amide bonds. The second kappa shape index (κ2) is 6.98. The van der Waals surface area contributed by atoms with Crippen LogP contribution >= 0.6 is 0 Å². The third-order valence-electron chi connectivity index (χ3n) is 4.52. The second-order valence-corrected chi connectivity index (χ2v) is 4.99. The van der Waals surface area contributed by atoms with Crippen LogP contribution in [0.5, 0.6) is 0 Å². The fraction of sp³-hybridized carbons (Fsp3) is 0.867. The Labute approximate surface area is 101 Å². The zero-order chi connectivity index (χ0) is 12.0. The van der Waals surface area contributed by atoms with Gasteiger partial charge in [0.15, 0.2) is 0 Å². The molecule has 4 atom stereocenters. The van der Waals surface area contributed by atoms with Crippen LogP contribution in [-0.4, -0.2) is 7.11 Å². The van der Waals surface area contributed by atoms with Crippen molar-refractivity contribution >= 4 is 0 Å². The highest BCUT2D eigenvalue weighted by atomic mass is 16.5. The van der Waals surface area contributed by atoms with E-state index in [4.69, 9.17) is 0 Å². The molecule has 4 unspecified atom stereocenters. The molecule has 3 aliphatic carbocycles. The zero-order valence-electron chi connectivity index (χ0n) is 11.2. The van der Waals surface area contributed by atoms with Crippen molar-refractivity contribution < 1.29 is 4.74 Å². The lowest BCUT2D eigenvalue weighted by molar-refractivity contribution is 0.259. The van der Waals surface area contributed by atoms with E-state index in [9.17, 15) is 0 Å². The maximum atomic E-state index is 4.31. The minimum absolute atomic E-state index is 1.19. The molecule has 0 radical (unpaired) electrons. The quantitative estimate of drug-likeness (QED) is 0.590. The van der Waals surface area contributed by atoms with Crippen LogP contribution < -0.4 is 0 Å². The van der Waals surface area contributed by atoms with Crippen molar-refractivity contribution in [3.63, 3.8) is 0 Å². The molecule has 0 saturated heterocycles. The molecular formula is C15H28O. The number of hydrogen-bond acceptors (Lipinski definition) is 1. The predicted molar refractivity (Wildman–Crippen MR) is 70.2 cm³/mol. The van der Waals surface area contributed by atoms with Gasteiger partial charge in [-0.25, -0.2) is 0 Å². The summed E-state index contributed by atoms with van der Waals surface area (Å²) in [5.41, 5.74) is 0. The van der Waals surface area contributed by atoms with Gasteiger partial charge in [0.25, 0.3) is 0 Å². The lowest BCUT2D eigenvalue weighted by Gasteiger charge is -2.23. The van der Waals surface area contributed by atoms with E-state index >= 15 is 0 Å². The van der Waals surface area contributed by atoms with Gasteiger partial charge in [0.1, 0.15) is 0 Å². The van der Waals surface area contributed by atoms with Gasteiger partial charge in [-0.2, -0.15) is 0 Å². The monoisotopic (exact) mass is 224 g/mol. The predicted octanol–water partition coefficient (Wildman–Crippen LogP) is 4.64. The van der Waals surface area contributed by atoms with Crippen molar-refractivity contribution in [1.29, 1.82) is 0 Å². The summed E-state index contributed by atoms with van der Waals surface area (Å²) in [4.78, 5) is 0. The van der Waals surface area contributed by atoms with Gasteiger partial charge in [-0.1, -0.05) is 26.8 Å². The SMILES string of the molecule is C1CC2C3CCC(C3)C2C1.C=COC.CC. The highest BCUT2D eigenvalue weighted by Crippen LogP contribution is 2.58. The first-order valence-corrected chi connectivity index (χ1v) is 7.00. The maximum absolute atomic E-state index is 4.31. The van der Waals surface area contributed by atoms with E-state index in [1.54, 1.807) is 45.6 Å². The first kappa shape index (κ1) is 13.6. The number of ether oxygens (including phenoxy) is 1. The van der Waals surface area contributed by atoms with Gasteiger partial charge in [-0.3, -0.25) is 0 Å². The summed E-state index contributed by atoms with van der Waals surface area (Å²) >= 11 is 0. The Morgan fingerprint density at radius 2 is 1.44 bits per heavy atom.